The Kier molecular flexibility index (Phi) is 7.49. The number of hydrogen-bond donors (Lipinski definition) is 1. The van der Waals surface area contributed by atoms with Crippen LogP contribution in [0.5, 0.6) is 11.5 Å². The predicted octanol–water partition coefficient (Wildman–Crippen LogP) is 2.45. The highest BCUT2D eigenvalue weighted by molar-refractivity contribution is 5.78. The molecule has 156 valence electrons. The van der Waals surface area contributed by atoms with Crippen molar-refractivity contribution >= 4 is 5.91 Å². The van der Waals surface area contributed by atoms with E-state index >= 15 is 0 Å². The minimum Gasteiger partial charge on any atom is -0.493 e. The molecule has 1 aliphatic heterocycles. The van der Waals surface area contributed by atoms with Crippen molar-refractivity contribution in [1.29, 1.82) is 0 Å². The highest BCUT2D eigenvalue weighted by atomic mass is 16.5. The molecule has 1 saturated heterocycles. The molecule has 0 saturated carbocycles. The van der Waals surface area contributed by atoms with Gasteiger partial charge in [0.15, 0.2) is 11.5 Å². The van der Waals surface area contributed by atoms with E-state index in [4.69, 9.17) is 9.47 Å². The summed E-state index contributed by atoms with van der Waals surface area (Å²) in [6, 6.07) is 14.1. The molecule has 0 aliphatic carbocycles. The van der Waals surface area contributed by atoms with E-state index in [2.05, 4.69) is 28.1 Å². The van der Waals surface area contributed by atoms with Gasteiger partial charge in [0, 0.05) is 39.3 Å². The van der Waals surface area contributed by atoms with Gasteiger partial charge in [-0.2, -0.15) is 0 Å². The first-order valence-electron chi connectivity index (χ1n) is 10.1. The fraction of sp³-hybridized carbons (Fsp3) is 0.435. The highest BCUT2D eigenvalue weighted by Gasteiger charge is 2.20. The Bertz CT molecular complexity index is 803. The normalized spacial score (nSPS) is 15.1. The van der Waals surface area contributed by atoms with Crippen LogP contribution in [0.1, 0.15) is 16.7 Å². The molecule has 0 aromatic heterocycles. The minimum absolute atomic E-state index is 0.0815. The van der Waals surface area contributed by atoms with E-state index in [0.29, 0.717) is 13.1 Å². The second-order valence-electron chi connectivity index (χ2n) is 7.45. The summed E-state index contributed by atoms with van der Waals surface area (Å²) in [4.78, 5) is 16.9. The summed E-state index contributed by atoms with van der Waals surface area (Å²) in [5.74, 6) is 1.61. The molecule has 1 heterocycles. The van der Waals surface area contributed by atoms with Crippen molar-refractivity contribution in [2.24, 2.45) is 0 Å². The molecule has 2 aromatic rings. The zero-order valence-corrected chi connectivity index (χ0v) is 17.6. The standard InChI is InChI=1S/C23H31N3O3/c1-18-13-21(28-2)22(29-3)14-20(18)16-25-9-11-26(12-10-25)17-23(27)24-15-19-7-5-4-6-8-19/h4-8,13-14H,9-12,15-17H2,1-3H3,(H,24,27). The highest BCUT2D eigenvalue weighted by Crippen LogP contribution is 2.30. The van der Waals surface area contributed by atoms with Crippen LogP contribution in [0.25, 0.3) is 0 Å². The van der Waals surface area contributed by atoms with Crippen LogP contribution in [-0.2, 0) is 17.9 Å². The molecule has 29 heavy (non-hydrogen) atoms. The van der Waals surface area contributed by atoms with Crippen molar-refractivity contribution in [3.8, 4) is 11.5 Å². The van der Waals surface area contributed by atoms with E-state index in [-0.39, 0.29) is 5.91 Å². The van der Waals surface area contributed by atoms with Crippen molar-refractivity contribution in [3.05, 3.63) is 59.2 Å². The van der Waals surface area contributed by atoms with Crippen LogP contribution >= 0.6 is 0 Å². The Morgan fingerprint density at radius 2 is 1.59 bits per heavy atom. The lowest BCUT2D eigenvalue weighted by atomic mass is 10.1. The Labute approximate surface area is 173 Å². The molecular weight excluding hydrogens is 366 g/mol. The van der Waals surface area contributed by atoms with Crippen LogP contribution in [0.4, 0.5) is 0 Å². The lowest BCUT2D eigenvalue weighted by Gasteiger charge is -2.34. The van der Waals surface area contributed by atoms with Crippen LogP contribution in [0.15, 0.2) is 42.5 Å². The third-order valence-corrected chi connectivity index (χ3v) is 5.40. The SMILES string of the molecule is COc1cc(C)c(CN2CCN(CC(=O)NCc3ccccc3)CC2)cc1OC. The van der Waals surface area contributed by atoms with Crippen molar-refractivity contribution in [3.63, 3.8) is 0 Å². The molecule has 0 spiro atoms. The van der Waals surface area contributed by atoms with Gasteiger partial charge in [0.25, 0.3) is 0 Å². The fourth-order valence-corrected chi connectivity index (χ4v) is 3.59. The first-order chi connectivity index (χ1) is 14.1. The average Bonchev–Trinajstić information content (AvgIpc) is 2.75. The molecule has 0 atom stereocenters. The van der Waals surface area contributed by atoms with E-state index in [9.17, 15) is 4.79 Å². The lowest BCUT2D eigenvalue weighted by molar-refractivity contribution is -0.122. The number of hydrogen-bond acceptors (Lipinski definition) is 5. The number of nitrogens with one attached hydrogen (secondary N) is 1. The van der Waals surface area contributed by atoms with Gasteiger partial charge in [0.2, 0.25) is 5.91 Å². The van der Waals surface area contributed by atoms with Gasteiger partial charge in [-0.3, -0.25) is 14.6 Å². The van der Waals surface area contributed by atoms with E-state index in [1.165, 1.54) is 11.1 Å². The summed E-state index contributed by atoms with van der Waals surface area (Å²) < 4.78 is 10.8. The summed E-state index contributed by atoms with van der Waals surface area (Å²) >= 11 is 0. The number of carbonyl (C=O) groups is 1. The molecule has 0 radical (unpaired) electrons. The summed E-state index contributed by atoms with van der Waals surface area (Å²) in [6.45, 7) is 7.69. The van der Waals surface area contributed by atoms with E-state index in [1.54, 1.807) is 14.2 Å². The van der Waals surface area contributed by atoms with E-state index in [0.717, 1.165) is 49.8 Å². The van der Waals surface area contributed by atoms with Gasteiger partial charge in [-0.05, 0) is 35.7 Å². The zero-order chi connectivity index (χ0) is 20.6. The van der Waals surface area contributed by atoms with Crippen LogP contribution < -0.4 is 14.8 Å². The number of ether oxygens (including phenoxy) is 2. The number of rotatable bonds is 8. The number of nitrogens with zero attached hydrogens (tertiary/aromatic N) is 2. The van der Waals surface area contributed by atoms with Gasteiger partial charge in [0.1, 0.15) is 0 Å². The van der Waals surface area contributed by atoms with Crippen molar-refractivity contribution < 1.29 is 14.3 Å². The Balaban J connectivity index is 1.45. The van der Waals surface area contributed by atoms with E-state index in [1.807, 2.05) is 36.4 Å². The summed E-state index contributed by atoms with van der Waals surface area (Å²) in [5.41, 5.74) is 3.57. The molecule has 2 aromatic carbocycles. The zero-order valence-electron chi connectivity index (χ0n) is 17.6. The van der Waals surface area contributed by atoms with Crippen LogP contribution in [-0.4, -0.2) is 62.7 Å². The molecule has 0 bridgehead atoms. The Morgan fingerprint density at radius 3 is 2.24 bits per heavy atom. The third kappa shape index (κ3) is 5.95. The Morgan fingerprint density at radius 1 is 0.966 bits per heavy atom. The summed E-state index contributed by atoms with van der Waals surface area (Å²) in [5, 5.41) is 3.01. The van der Waals surface area contributed by atoms with Gasteiger partial charge >= 0.3 is 0 Å². The number of methoxy groups -OCH3 is 2. The van der Waals surface area contributed by atoms with Crippen LogP contribution in [0, 0.1) is 6.92 Å². The minimum atomic E-state index is 0.0815. The lowest BCUT2D eigenvalue weighted by Crippen LogP contribution is -2.49. The van der Waals surface area contributed by atoms with Crippen molar-refractivity contribution in [2.45, 2.75) is 20.0 Å². The first-order valence-corrected chi connectivity index (χ1v) is 10.1. The average molecular weight is 398 g/mol. The topological polar surface area (TPSA) is 54.0 Å². The smallest absolute Gasteiger partial charge is 0.234 e. The number of aryl methyl sites for hydroxylation is 1. The maximum absolute atomic E-state index is 12.2. The fourth-order valence-electron chi connectivity index (χ4n) is 3.59. The van der Waals surface area contributed by atoms with Gasteiger partial charge in [-0.25, -0.2) is 0 Å². The molecule has 1 fully saturated rings. The third-order valence-electron chi connectivity index (χ3n) is 5.40. The number of piperazine rings is 1. The second kappa shape index (κ2) is 10.3. The second-order valence-corrected chi connectivity index (χ2v) is 7.45. The predicted molar refractivity (Wildman–Crippen MR) is 114 cm³/mol. The molecule has 0 unspecified atom stereocenters. The summed E-state index contributed by atoms with van der Waals surface area (Å²) in [7, 11) is 3.32. The maximum atomic E-state index is 12.2. The molecule has 1 N–H and O–H groups in total. The Hall–Kier alpha value is -2.57. The molecule has 1 aliphatic rings. The van der Waals surface area contributed by atoms with E-state index < -0.39 is 0 Å². The molecule has 1 amide bonds. The quantitative estimate of drug-likeness (QED) is 0.742. The molecule has 6 nitrogen and oxygen atoms in total. The van der Waals surface area contributed by atoms with Crippen molar-refractivity contribution in [1.82, 2.24) is 15.1 Å². The van der Waals surface area contributed by atoms with Gasteiger partial charge in [0.05, 0.1) is 20.8 Å². The number of benzene rings is 2. The monoisotopic (exact) mass is 397 g/mol. The van der Waals surface area contributed by atoms with Gasteiger partial charge in [-0.15, -0.1) is 0 Å². The van der Waals surface area contributed by atoms with Crippen LogP contribution in [0.2, 0.25) is 0 Å². The first kappa shape index (κ1) is 21.1. The van der Waals surface area contributed by atoms with Crippen molar-refractivity contribution in [2.75, 3.05) is 46.9 Å². The summed E-state index contributed by atoms with van der Waals surface area (Å²) in [6.07, 6.45) is 0. The number of amides is 1. The number of carbonyl (C=O) groups excluding carboxylic acids is 1. The van der Waals surface area contributed by atoms with Crippen LogP contribution in [0.3, 0.4) is 0 Å². The van der Waals surface area contributed by atoms with Gasteiger partial charge < -0.3 is 14.8 Å². The molecular formula is C23H31N3O3. The maximum Gasteiger partial charge on any atom is 0.234 e. The largest absolute Gasteiger partial charge is 0.493 e. The molecule has 3 rings (SSSR count). The van der Waals surface area contributed by atoms with Gasteiger partial charge in [-0.1, -0.05) is 30.3 Å². The molecule has 6 heteroatoms.